The fourth-order valence-electron chi connectivity index (χ4n) is 2.61. The Kier molecular flexibility index (Phi) is 4.19. The van der Waals surface area contributed by atoms with Gasteiger partial charge in [0.1, 0.15) is 5.82 Å². The van der Waals surface area contributed by atoms with E-state index in [1.807, 2.05) is 25.1 Å². The molecule has 0 atom stereocenters. The van der Waals surface area contributed by atoms with Crippen LogP contribution in [0.15, 0.2) is 23.0 Å². The molecule has 7 heteroatoms. The van der Waals surface area contributed by atoms with Crippen molar-refractivity contribution in [3.63, 3.8) is 0 Å². The fraction of sp³-hybridized carbons (Fsp3) is 0.294. The molecule has 3 aromatic rings. The molecule has 0 saturated heterocycles. The summed E-state index contributed by atoms with van der Waals surface area (Å²) in [7, 11) is 1.71. The number of carbonyl (C=O) groups is 1. The molecule has 2 aromatic heterocycles. The molecule has 0 radical (unpaired) electrons. The third-order valence-corrected chi connectivity index (χ3v) is 4.84. The standard InChI is InChI=1S/C17H18N4O2S/c1-9-13(17(23)19-10(2)18-9)8-16(22)21(4)12-5-6-14-15(7-12)24-11(3)20-14/h5-7H,8H2,1-4H3,(H,18,19,23). The van der Waals surface area contributed by atoms with Crippen molar-refractivity contribution in [1.29, 1.82) is 0 Å². The predicted molar refractivity (Wildman–Crippen MR) is 95.8 cm³/mol. The Bertz CT molecular complexity index is 990. The van der Waals surface area contributed by atoms with E-state index >= 15 is 0 Å². The van der Waals surface area contributed by atoms with Crippen molar-refractivity contribution in [2.24, 2.45) is 0 Å². The van der Waals surface area contributed by atoms with Gasteiger partial charge in [0.25, 0.3) is 5.56 Å². The van der Waals surface area contributed by atoms with Crippen LogP contribution in [0.3, 0.4) is 0 Å². The van der Waals surface area contributed by atoms with Gasteiger partial charge in [-0.1, -0.05) is 0 Å². The molecule has 0 spiro atoms. The fourth-order valence-corrected chi connectivity index (χ4v) is 3.47. The zero-order valence-electron chi connectivity index (χ0n) is 14.0. The number of anilines is 1. The number of H-pyrrole nitrogens is 1. The number of nitrogens with zero attached hydrogens (tertiary/aromatic N) is 3. The average molecular weight is 342 g/mol. The monoisotopic (exact) mass is 342 g/mol. The minimum atomic E-state index is -0.254. The van der Waals surface area contributed by atoms with E-state index in [0.29, 0.717) is 17.1 Å². The molecule has 0 aliphatic carbocycles. The van der Waals surface area contributed by atoms with Crippen molar-refractivity contribution in [3.05, 3.63) is 50.6 Å². The molecule has 1 N–H and O–H groups in total. The van der Waals surface area contributed by atoms with Gasteiger partial charge < -0.3 is 9.88 Å². The third kappa shape index (κ3) is 3.07. The highest BCUT2D eigenvalue weighted by molar-refractivity contribution is 7.18. The molecule has 124 valence electrons. The van der Waals surface area contributed by atoms with Crippen LogP contribution in [0.25, 0.3) is 10.2 Å². The Morgan fingerprint density at radius 2 is 2.00 bits per heavy atom. The van der Waals surface area contributed by atoms with Gasteiger partial charge in [-0.05, 0) is 39.0 Å². The van der Waals surface area contributed by atoms with Crippen molar-refractivity contribution in [2.75, 3.05) is 11.9 Å². The highest BCUT2D eigenvalue weighted by Crippen LogP contribution is 2.26. The lowest BCUT2D eigenvalue weighted by Crippen LogP contribution is -2.31. The number of carbonyl (C=O) groups excluding carboxylic acids is 1. The first kappa shape index (κ1) is 16.3. The first-order valence-corrected chi connectivity index (χ1v) is 8.37. The molecule has 0 aliphatic heterocycles. The van der Waals surface area contributed by atoms with Crippen LogP contribution < -0.4 is 10.5 Å². The van der Waals surface area contributed by atoms with Gasteiger partial charge in [-0.25, -0.2) is 9.97 Å². The SMILES string of the molecule is Cc1nc(C)c(CC(=O)N(C)c2ccc3nc(C)sc3c2)c(=O)[nH]1. The summed E-state index contributed by atoms with van der Waals surface area (Å²) >= 11 is 1.59. The second-order valence-electron chi connectivity index (χ2n) is 5.73. The number of benzene rings is 1. The van der Waals surface area contributed by atoms with Crippen molar-refractivity contribution in [3.8, 4) is 0 Å². The van der Waals surface area contributed by atoms with Gasteiger partial charge in [0, 0.05) is 24.0 Å². The summed E-state index contributed by atoms with van der Waals surface area (Å²) in [5.41, 5.74) is 2.46. The van der Waals surface area contributed by atoms with E-state index in [4.69, 9.17) is 0 Å². The molecule has 0 fully saturated rings. The number of thiazole rings is 1. The molecule has 0 aliphatic rings. The van der Waals surface area contributed by atoms with Crippen molar-refractivity contribution in [2.45, 2.75) is 27.2 Å². The first-order chi connectivity index (χ1) is 11.3. The van der Waals surface area contributed by atoms with Gasteiger partial charge in [-0.15, -0.1) is 11.3 Å². The number of aromatic nitrogens is 3. The molecule has 1 aromatic carbocycles. The molecule has 2 heterocycles. The van der Waals surface area contributed by atoms with Crippen LogP contribution in [0.1, 0.15) is 22.1 Å². The molecule has 3 rings (SSSR count). The number of hydrogen-bond acceptors (Lipinski definition) is 5. The molecular formula is C17H18N4O2S. The van der Waals surface area contributed by atoms with E-state index < -0.39 is 0 Å². The smallest absolute Gasteiger partial charge is 0.254 e. The molecule has 0 unspecified atom stereocenters. The van der Waals surface area contributed by atoms with E-state index in [-0.39, 0.29) is 17.9 Å². The van der Waals surface area contributed by atoms with Crippen molar-refractivity contribution >= 4 is 33.1 Å². The molecule has 0 saturated carbocycles. The van der Waals surface area contributed by atoms with Crippen LogP contribution in [-0.2, 0) is 11.2 Å². The average Bonchev–Trinajstić information content (AvgIpc) is 2.88. The first-order valence-electron chi connectivity index (χ1n) is 7.55. The van der Waals surface area contributed by atoms with Crippen LogP contribution >= 0.6 is 11.3 Å². The highest BCUT2D eigenvalue weighted by atomic mass is 32.1. The molecule has 24 heavy (non-hydrogen) atoms. The topological polar surface area (TPSA) is 79.0 Å². The number of aryl methyl sites for hydroxylation is 3. The van der Waals surface area contributed by atoms with E-state index in [1.54, 1.807) is 37.1 Å². The van der Waals surface area contributed by atoms with Gasteiger partial charge in [-0.3, -0.25) is 9.59 Å². The maximum absolute atomic E-state index is 12.6. The van der Waals surface area contributed by atoms with Crippen LogP contribution in [-0.4, -0.2) is 27.9 Å². The lowest BCUT2D eigenvalue weighted by Gasteiger charge is -2.17. The van der Waals surface area contributed by atoms with Gasteiger partial charge >= 0.3 is 0 Å². The number of fused-ring (bicyclic) bond motifs is 1. The number of nitrogens with one attached hydrogen (secondary N) is 1. The maximum atomic E-state index is 12.6. The lowest BCUT2D eigenvalue weighted by atomic mass is 10.1. The summed E-state index contributed by atoms with van der Waals surface area (Å²) in [6.45, 7) is 5.42. The van der Waals surface area contributed by atoms with Gasteiger partial charge in [0.15, 0.2) is 0 Å². The van der Waals surface area contributed by atoms with Crippen LogP contribution in [0, 0.1) is 20.8 Å². The summed E-state index contributed by atoms with van der Waals surface area (Å²) in [4.78, 5) is 37.5. The predicted octanol–water partition coefficient (Wildman–Crippen LogP) is 2.51. The largest absolute Gasteiger partial charge is 0.315 e. The third-order valence-electron chi connectivity index (χ3n) is 3.91. The number of hydrogen-bond donors (Lipinski definition) is 1. The second-order valence-corrected chi connectivity index (χ2v) is 6.96. The minimum Gasteiger partial charge on any atom is -0.315 e. The van der Waals surface area contributed by atoms with Crippen LogP contribution in [0.2, 0.25) is 0 Å². The summed E-state index contributed by atoms with van der Waals surface area (Å²) in [6, 6.07) is 5.72. The Balaban J connectivity index is 1.87. The summed E-state index contributed by atoms with van der Waals surface area (Å²) < 4.78 is 1.04. The summed E-state index contributed by atoms with van der Waals surface area (Å²) in [5.74, 6) is 0.392. The van der Waals surface area contributed by atoms with E-state index in [1.165, 1.54) is 0 Å². The Morgan fingerprint density at radius 1 is 1.25 bits per heavy atom. The minimum absolute atomic E-state index is 0.0186. The summed E-state index contributed by atoms with van der Waals surface area (Å²) in [6.07, 6.45) is 0.0186. The van der Waals surface area contributed by atoms with Gasteiger partial charge in [0.2, 0.25) is 5.91 Å². The molecule has 1 amide bonds. The van der Waals surface area contributed by atoms with E-state index in [0.717, 1.165) is 20.9 Å². The normalized spacial score (nSPS) is 11.0. The highest BCUT2D eigenvalue weighted by Gasteiger charge is 2.17. The van der Waals surface area contributed by atoms with Crippen molar-refractivity contribution < 1.29 is 4.79 Å². The number of likely N-dealkylation sites (N-methyl/N-ethyl adjacent to an activating group) is 1. The summed E-state index contributed by atoms with van der Waals surface area (Å²) in [5, 5.41) is 0.990. The Labute approximate surface area is 143 Å². The van der Waals surface area contributed by atoms with E-state index in [2.05, 4.69) is 15.0 Å². The number of aromatic amines is 1. The van der Waals surface area contributed by atoms with E-state index in [9.17, 15) is 9.59 Å². The van der Waals surface area contributed by atoms with Crippen LogP contribution in [0.4, 0.5) is 5.69 Å². The Morgan fingerprint density at radius 3 is 2.71 bits per heavy atom. The molecule has 0 bridgehead atoms. The van der Waals surface area contributed by atoms with Crippen LogP contribution in [0.5, 0.6) is 0 Å². The quantitative estimate of drug-likeness (QED) is 0.793. The van der Waals surface area contributed by atoms with Crippen molar-refractivity contribution in [1.82, 2.24) is 15.0 Å². The lowest BCUT2D eigenvalue weighted by molar-refractivity contribution is -0.117. The maximum Gasteiger partial charge on any atom is 0.254 e. The number of rotatable bonds is 3. The molecular weight excluding hydrogens is 324 g/mol. The number of amides is 1. The van der Waals surface area contributed by atoms with Gasteiger partial charge in [0.05, 0.1) is 21.6 Å². The Hall–Kier alpha value is -2.54. The zero-order chi connectivity index (χ0) is 17.4. The zero-order valence-corrected chi connectivity index (χ0v) is 14.8. The van der Waals surface area contributed by atoms with Gasteiger partial charge in [-0.2, -0.15) is 0 Å². The second kappa shape index (κ2) is 6.16. The molecule has 6 nitrogen and oxygen atoms in total.